The Morgan fingerprint density at radius 1 is 1.48 bits per heavy atom. The van der Waals surface area contributed by atoms with E-state index in [1.54, 1.807) is 7.11 Å². The molecule has 0 bridgehead atoms. The zero-order chi connectivity index (χ0) is 16.8. The number of methoxy groups -OCH3 is 1. The molecular formula is C14H22N6O2S. The van der Waals surface area contributed by atoms with Crippen molar-refractivity contribution in [1.29, 1.82) is 0 Å². The van der Waals surface area contributed by atoms with Crippen LogP contribution in [0.4, 0.5) is 5.13 Å². The maximum Gasteiger partial charge on any atom is 0.240 e. The highest BCUT2D eigenvalue weighted by Crippen LogP contribution is 2.16. The van der Waals surface area contributed by atoms with Crippen LogP contribution >= 0.6 is 11.3 Å². The monoisotopic (exact) mass is 338 g/mol. The fourth-order valence-corrected chi connectivity index (χ4v) is 2.92. The van der Waals surface area contributed by atoms with Gasteiger partial charge in [-0.05, 0) is 20.9 Å². The molecule has 0 aromatic carbocycles. The van der Waals surface area contributed by atoms with Crippen molar-refractivity contribution in [2.45, 2.75) is 33.5 Å². The van der Waals surface area contributed by atoms with Crippen LogP contribution in [0.2, 0.25) is 0 Å². The number of rotatable bonds is 8. The van der Waals surface area contributed by atoms with Gasteiger partial charge in [-0.15, -0.1) is 10.2 Å². The first-order chi connectivity index (χ1) is 11.0. The molecular weight excluding hydrogens is 316 g/mol. The summed E-state index contributed by atoms with van der Waals surface area (Å²) in [4.78, 5) is 14.0. The van der Waals surface area contributed by atoms with Crippen LogP contribution in [-0.4, -0.2) is 51.5 Å². The van der Waals surface area contributed by atoms with Gasteiger partial charge in [0, 0.05) is 31.5 Å². The molecule has 0 atom stereocenters. The summed E-state index contributed by atoms with van der Waals surface area (Å²) in [7, 11) is 3.50. The Balaban J connectivity index is 1.85. The van der Waals surface area contributed by atoms with Crippen LogP contribution in [0.25, 0.3) is 0 Å². The van der Waals surface area contributed by atoms with Crippen LogP contribution < -0.4 is 5.32 Å². The third-order valence-corrected chi connectivity index (χ3v) is 4.15. The molecule has 23 heavy (non-hydrogen) atoms. The normalized spacial score (nSPS) is 11.2. The summed E-state index contributed by atoms with van der Waals surface area (Å²) >= 11 is 1.31. The number of amides is 1. The molecule has 8 nitrogen and oxygen atoms in total. The lowest BCUT2D eigenvalue weighted by molar-refractivity contribution is -0.117. The lowest BCUT2D eigenvalue weighted by Gasteiger charge is -2.15. The average molecular weight is 338 g/mol. The average Bonchev–Trinajstić information content (AvgIpc) is 3.07. The van der Waals surface area contributed by atoms with Gasteiger partial charge in [0.25, 0.3) is 0 Å². The Labute approximate surface area is 139 Å². The van der Waals surface area contributed by atoms with Crippen LogP contribution in [0.5, 0.6) is 0 Å². The number of nitrogens with one attached hydrogen (secondary N) is 1. The molecule has 2 aromatic heterocycles. The van der Waals surface area contributed by atoms with Gasteiger partial charge in [-0.2, -0.15) is 5.10 Å². The highest BCUT2D eigenvalue weighted by atomic mass is 32.1. The lowest BCUT2D eigenvalue weighted by atomic mass is 10.2. The number of hydrogen-bond acceptors (Lipinski definition) is 7. The van der Waals surface area contributed by atoms with E-state index in [0.29, 0.717) is 18.3 Å². The van der Waals surface area contributed by atoms with Gasteiger partial charge >= 0.3 is 0 Å². The maximum atomic E-state index is 12.1. The topological polar surface area (TPSA) is 85.2 Å². The van der Waals surface area contributed by atoms with Gasteiger partial charge in [-0.3, -0.25) is 19.7 Å². The van der Waals surface area contributed by atoms with Crippen LogP contribution in [0.1, 0.15) is 23.2 Å². The molecule has 0 saturated heterocycles. The number of aromatic nitrogens is 4. The quantitative estimate of drug-likeness (QED) is 0.780. The smallest absolute Gasteiger partial charge is 0.240 e. The Bertz CT molecular complexity index is 653. The van der Waals surface area contributed by atoms with E-state index in [4.69, 9.17) is 4.74 Å². The van der Waals surface area contributed by atoms with E-state index in [2.05, 4.69) is 27.5 Å². The van der Waals surface area contributed by atoms with E-state index >= 15 is 0 Å². The van der Waals surface area contributed by atoms with Crippen LogP contribution in [0.15, 0.2) is 6.20 Å². The summed E-state index contributed by atoms with van der Waals surface area (Å²) in [6, 6.07) is 0. The third kappa shape index (κ3) is 4.81. The van der Waals surface area contributed by atoms with Gasteiger partial charge in [-0.25, -0.2) is 0 Å². The van der Waals surface area contributed by atoms with Crippen molar-refractivity contribution in [2.24, 2.45) is 0 Å². The van der Waals surface area contributed by atoms with Crippen LogP contribution in [-0.2, 0) is 29.2 Å². The largest absolute Gasteiger partial charge is 0.377 e. The molecule has 0 saturated carbocycles. The van der Waals surface area contributed by atoms with E-state index in [1.165, 1.54) is 11.3 Å². The van der Waals surface area contributed by atoms with Gasteiger partial charge in [-0.1, -0.05) is 11.3 Å². The first-order valence-electron chi connectivity index (χ1n) is 7.34. The van der Waals surface area contributed by atoms with E-state index < -0.39 is 0 Å². The molecule has 0 aliphatic rings. The zero-order valence-corrected chi connectivity index (χ0v) is 14.7. The molecule has 2 aromatic rings. The van der Waals surface area contributed by atoms with Crippen molar-refractivity contribution in [3.8, 4) is 0 Å². The summed E-state index contributed by atoms with van der Waals surface area (Å²) < 4.78 is 6.92. The number of ether oxygens (including phenoxy) is 1. The van der Waals surface area contributed by atoms with Gasteiger partial charge in [0.15, 0.2) is 0 Å². The summed E-state index contributed by atoms with van der Waals surface area (Å²) in [5, 5.41) is 16.2. The summed E-state index contributed by atoms with van der Waals surface area (Å²) in [6.07, 6.45) is 1.86. The Hall–Kier alpha value is -1.84. The predicted molar refractivity (Wildman–Crippen MR) is 88.2 cm³/mol. The number of nitrogens with zero attached hydrogens (tertiary/aromatic N) is 5. The van der Waals surface area contributed by atoms with E-state index in [9.17, 15) is 4.79 Å². The van der Waals surface area contributed by atoms with E-state index in [0.717, 1.165) is 22.8 Å². The van der Waals surface area contributed by atoms with Gasteiger partial charge in [0.05, 0.1) is 12.7 Å². The number of anilines is 1. The van der Waals surface area contributed by atoms with Crippen LogP contribution in [0, 0.1) is 6.92 Å². The zero-order valence-electron chi connectivity index (χ0n) is 13.9. The number of hydrogen-bond donors (Lipinski definition) is 1. The number of aryl methyl sites for hydroxylation is 1. The SMILES string of the molecule is CCn1ncc(CN(C)CC(=O)Nc2nnc(COC)s2)c1C. The minimum Gasteiger partial charge on any atom is -0.377 e. The molecule has 0 spiro atoms. The summed E-state index contributed by atoms with van der Waals surface area (Å²) in [5.41, 5.74) is 2.26. The molecule has 1 N–H and O–H groups in total. The molecule has 126 valence electrons. The molecule has 0 radical (unpaired) electrons. The van der Waals surface area contributed by atoms with Crippen molar-refractivity contribution in [2.75, 3.05) is 26.0 Å². The van der Waals surface area contributed by atoms with Gasteiger partial charge in [0.2, 0.25) is 11.0 Å². The van der Waals surface area contributed by atoms with E-state index in [1.807, 2.05) is 29.7 Å². The Morgan fingerprint density at radius 2 is 2.26 bits per heavy atom. The molecule has 0 aliphatic carbocycles. The first kappa shape index (κ1) is 17.5. The molecule has 0 aliphatic heterocycles. The molecule has 2 rings (SSSR count). The molecule has 1 amide bonds. The predicted octanol–water partition coefficient (Wildman–Crippen LogP) is 1.28. The fourth-order valence-electron chi connectivity index (χ4n) is 2.20. The molecule has 9 heteroatoms. The van der Waals surface area contributed by atoms with Crippen molar-refractivity contribution in [3.63, 3.8) is 0 Å². The number of carbonyl (C=O) groups excluding carboxylic acids is 1. The minimum atomic E-state index is -0.117. The Morgan fingerprint density at radius 3 is 2.91 bits per heavy atom. The number of carbonyl (C=O) groups is 1. The Kier molecular flexibility index (Phi) is 6.20. The standard InChI is InChI=1S/C14H22N6O2S/c1-5-20-10(2)11(6-15-20)7-19(3)8-12(21)16-14-18-17-13(23-14)9-22-4/h6H,5,7-9H2,1-4H3,(H,16,18,21). The second kappa shape index (κ2) is 8.14. The van der Waals surface area contributed by atoms with Gasteiger partial charge < -0.3 is 4.74 Å². The van der Waals surface area contributed by atoms with Crippen molar-refractivity contribution in [1.82, 2.24) is 24.9 Å². The first-order valence-corrected chi connectivity index (χ1v) is 8.16. The molecule has 2 heterocycles. The fraction of sp³-hybridized carbons (Fsp3) is 0.571. The van der Waals surface area contributed by atoms with Crippen molar-refractivity contribution in [3.05, 3.63) is 22.5 Å². The highest BCUT2D eigenvalue weighted by Gasteiger charge is 2.13. The highest BCUT2D eigenvalue weighted by molar-refractivity contribution is 7.15. The molecule has 0 unspecified atom stereocenters. The van der Waals surface area contributed by atoms with Crippen molar-refractivity contribution < 1.29 is 9.53 Å². The van der Waals surface area contributed by atoms with Crippen molar-refractivity contribution >= 4 is 22.4 Å². The molecule has 0 fully saturated rings. The van der Waals surface area contributed by atoms with Gasteiger partial charge in [0.1, 0.15) is 11.6 Å². The maximum absolute atomic E-state index is 12.1. The summed E-state index contributed by atoms with van der Waals surface area (Å²) in [6.45, 7) is 6.28. The third-order valence-electron chi connectivity index (χ3n) is 3.34. The second-order valence-electron chi connectivity index (χ2n) is 5.23. The minimum absolute atomic E-state index is 0.117. The summed E-state index contributed by atoms with van der Waals surface area (Å²) in [5.74, 6) is -0.117. The van der Waals surface area contributed by atoms with E-state index in [-0.39, 0.29) is 12.5 Å². The second-order valence-corrected chi connectivity index (χ2v) is 6.29. The lowest BCUT2D eigenvalue weighted by Crippen LogP contribution is -2.30. The number of likely N-dealkylation sites (N-methyl/N-ethyl adjacent to an activating group) is 1. The van der Waals surface area contributed by atoms with Crippen LogP contribution in [0.3, 0.4) is 0 Å².